The van der Waals surface area contributed by atoms with Crippen molar-refractivity contribution in [1.29, 1.82) is 0 Å². The summed E-state index contributed by atoms with van der Waals surface area (Å²) in [6, 6.07) is 6.48. The Labute approximate surface area is 183 Å². The molecule has 2 aromatic rings. The Morgan fingerprint density at radius 1 is 1.33 bits per heavy atom. The summed E-state index contributed by atoms with van der Waals surface area (Å²) in [5.74, 6) is 8.68. The normalized spacial score (nSPS) is 19.1. The first-order valence-electron chi connectivity index (χ1n) is 10.7. The number of rotatable bonds is 8. The fourth-order valence-corrected chi connectivity index (χ4v) is 4.49. The number of aryl methyl sites for hydroxylation is 1. The van der Waals surface area contributed by atoms with Crippen molar-refractivity contribution in [2.45, 2.75) is 77.1 Å². The summed E-state index contributed by atoms with van der Waals surface area (Å²) in [5.41, 5.74) is 2.28. The number of ether oxygens (including phenoxy) is 1. The molecule has 0 bridgehead atoms. The lowest BCUT2D eigenvalue weighted by Gasteiger charge is -2.29. The van der Waals surface area contributed by atoms with Gasteiger partial charge in [-0.2, -0.15) is 0 Å². The molecular formula is C22H33N5O2S. The highest BCUT2D eigenvalue weighted by Crippen LogP contribution is 2.28. The highest BCUT2D eigenvalue weighted by Gasteiger charge is 2.23. The van der Waals surface area contributed by atoms with Gasteiger partial charge in [0.1, 0.15) is 12.4 Å². The van der Waals surface area contributed by atoms with Crippen molar-refractivity contribution < 1.29 is 9.53 Å². The van der Waals surface area contributed by atoms with E-state index >= 15 is 0 Å². The molecule has 1 amide bonds. The molecule has 3 N–H and O–H groups in total. The number of nitrogens with two attached hydrogens (primary N) is 1. The molecule has 2 atom stereocenters. The minimum atomic E-state index is 0.0147. The van der Waals surface area contributed by atoms with Crippen LogP contribution in [0.5, 0.6) is 5.75 Å². The number of hydrogen-bond donors (Lipinski definition) is 2. The van der Waals surface area contributed by atoms with E-state index in [1.54, 1.807) is 0 Å². The van der Waals surface area contributed by atoms with E-state index in [-0.39, 0.29) is 24.3 Å². The van der Waals surface area contributed by atoms with Gasteiger partial charge in [-0.1, -0.05) is 57.5 Å². The van der Waals surface area contributed by atoms with Crippen molar-refractivity contribution >= 4 is 17.7 Å². The number of nitrogen functional groups attached to an aromatic ring is 1. The van der Waals surface area contributed by atoms with Crippen molar-refractivity contribution in [3.63, 3.8) is 0 Å². The third kappa shape index (κ3) is 5.68. The van der Waals surface area contributed by atoms with Crippen LogP contribution in [0, 0.1) is 12.8 Å². The molecule has 3 rings (SSSR count). The second-order valence-corrected chi connectivity index (χ2v) is 9.42. The van der Waals surface area contributed by atoms with Crippen molar-refractivity contribution in [3.8, 4) is 5.75 Å². The fraction of sp³-hybridized carbons (Fsp3) is 0.591. The first-order valence-corrected chi connectivity index (χ1v) is 11.7. The molecule has 1 saturated carbocycles. The summed E-state index contributed by atoms with van der Waals surface area (Å²) in [5, 5.41) is 11.9. The zero-order valence-corrected chi connectivity index (χ0v) is 19.2. The van der Waals surface area contributed by atoms with Crippen LogP contribution in [0.1, 0.15) is 69.3 Å². The monoisotopic (exact) mass is 431 g/mol. The van der Waals surface area contributed by atoms with Gasteiger partial charge in [0, 0.05) is 6.04 Å². The predicted octanol–water partition coefficient (Wildman–Crippen LogP) is 3.79. The number of hydrogen-bond acceptors (Lipinski definition) is 6. The number of benzene rings is 1. The molecule has 1 heterocycles. The average Bonchev–Trinajstić information content (AvgIpc) is 3.06. The van der Waals surface area contributed by atoms with Gasteiger partial charge in [0.15, 0.2) is 5.82 Å². The maximum Gasteiger partial charge on any atom is 0.230 e. The Bertz CT molecular complexity index is 867. The number of nitrogens with one attached hydrogen (secondary N) is 1. The van der Waals surface area contributed by atoms with Gasteiger partial charge in [-0.3, -0.25) is 4.79 Å². The summed E-state index contributed by atoms with van der Waals surface area (Å²) < 4.78 is 7.41. The Kier molecular flexibility index (Phi) is 7.64. The van der Waals surface area contributed by atoms with Crippen LogP contribution in [0.15, 0.2) is 23.4 Å². The van der Waals surface area contributed by atoms with Gasteiger partial charge in [0.25, 0.3) is 0 Å². The van der Waals surface area contributed by atoms with E-state index in [1.807, 2.05) is 13.0 Å². The number of amides is 1. The van der Waals surface area contributed by atoms with Gasteiger partial charge in [-0.05, 0) is 48.8 Å². The van der Waals surface area contributed by atoms with Gasteiger partial charge in [0.05, 0.1) is 5.75 Å². The highest BCUT2D eigenvalue weighted by atomic mass is 32.2. The van der Waals surface area contributed by atoms with E-state index < -0.39 is 0 Å². The van der Waals surface area contributed by atoms with Crippen LogP contribution in [-0.2, 0) is 11.4 Å². The smallest absolute Gasteiger partial charge is 0.230 e. The Hall–Kier alpha value is -2.22. The van der Waals surface area contributed by atoms with E-state index in [4.69, 9.17) is 10.6 Å². The maximum atomic E-state index is 12.3. The molecule has 30 heavy (non-hydrogen) atoms. The first kappa shape index (κ1) is 22.5. The lowest BCUT2D eigenvalue weighted by molar-refractivity contribution is -0.119. The largest absolute Gasteiger partial charge is 0.485 e. The summed E-state index contributed by atoms with van der Waals surface area (Å²) in [6.45, 7) is 8.74. The third-order valence-electron chi connectivity index (χ3n) is 5.67. The Morgan fingerprint density at radius 2 is 2.10 bits per heavy atom. The number of carbonyl (C=O) groups is 1. The molecule has 8 heteroatoms. The molecule has 1 aliphatic carbocycles. The van der Waals surface area contributed by atoms with Crippen LogP contribution >= 0.6 is 11.8 Å². The molecular weight excluding hydrogens is 398 g/mol. The minimum Gasteiger partial charge on any atom is -0.485 e. The summed E-state index contributed by atoms with van der Waals surface area (Å²) >= 11 is 1.29. The predicted molar refractivity (Wildman–Crippen MR) is 120 cm³/mol. The van der Waals surface area contributed by atoms with Crippen molar-refractivity contribution in [2.24, 2.45) is 5.92 Å². The zero-order chi connectivity index (χ0) is 21.7. The molecule has 164 valence electrons. The highest BCUT2D eigenvalue weighted by molar-refractivity contribution is 7.99. The second kappa shape index (κ2) is 10.2. The van der Waals surface area contributed by atoms with Gasteiger partial charge < -0.3 is 15.9 Å². The molecule has 0 aliphatic heterocycles. The fourth-order valence-electron chi connectivity index (χ4n) is 3.80. The average molecular weight is 432 g/mol. The Balaban J connectivity index is 1.55. The van der Waals surface area contributed by atoms with E-state index in [1.165, 1.54) is 35.7 Å². The number of carbonyl (C=O) groups excluding carboxylic acids is 1. The molecule has 0 saturated heterocycles. The van der Waals surface area contributed by atoms with E-state index in [9.17, 15) is 4.79 Å². The number of nitrogens with zero attached hydrogens (tertiary/aromatic N) is 3. The number of thioether (sulfide) groups is 1. The summed E-state index contributed by atoms with van der Waals surface area (Å²) in [4.78, 5) is 12.3. The molecule has 1 aromatic heterocycles. The molecule has 1 aromatic carbocycles. The van der Waals surface area contributed by atoms with Crippen LogP contribution in [0.2, 0.25) is 0 Å². The van der Waals surface area contributed by atoms with Crippen LogP contribution in [0.4, 0.5) is 0 Å². The van der Waals surface area contributed by atoms with Crippen LogP contribution < -0.4 is 15.9 Å². The molecule has 0 unspecified atom stereocenters. The van der Waals surface area contributed by atoms with E-state index in [0.29, 0.717) is 22.8 Å². The van der Waals surface area contributed by atoms with Gasteiger partial charge in [0.2, 0.25) is 11.1 Å². The minimum absolute atomic E-state index is 0.0147. The van der Waals surface area contributed by atoms with Gasteiger partial charge in [-0.25, -0.2) is 4.68 Å². The lowest BCUT2D eigenvalue weighted by atomic mass is 9.86. The first-order chi connectivity index (χ1) is 14.3. The SMILES string of the molecule is Cc1ccc(C(C)C)c(OCc2nnc(SCC(=O)N[C@@H]3CCCC[C@@H]3C)n2N)c1. The van der Waals surface area contributed by atoms with Crippen LogP contribution in [-0.4, -0.2) is 32.6 Å². The molecule has 1 aliphatic rings. The van der Waals surface area contributed by atoms with Crippen molar-refractivity contribution in [2.75, 3.05) is 11.6 Å². The summed E-state index contributed by atoms with van der Waals surface area (Å²) in [6.07, 6.45) is 4.68. The third-order valence-corrected chi connectivity index (χ3v) is 6.62. The van der Waals surface area contributed by atoms with Crippen LogP contribution in [0.3, 0.4) is 0 Å². The zero-order valence-electron chi connectivity index (χ0n) is 18.4. The van der Waals surface area contributed by atoms with Gasteiger partial charge in [-0.15, -0.1) is 10.2 Å². The summed E-state index contributed by atoms with van der Waals surface area (Å²) in [7, 11) is 0. The maximum absolute atomic E-state index is 12.3. The standard InChI is InChI=1S/C22H33N5O2S/c1-14(2)17-10-9-15(3)11-19(17)29-12-20-25-26-22(27(20)23)30-13-21(28)24-18-8-6-5-7-16(18)4/h9-11,14,16,18H,5-8,12-13,23H2,1-4H3,(H,24,28)/t16-,18+/m0/s1. The number of aromatic nitrogens is 3. The topological polar surface area (TPSA) is 95.1 Å². The van der Waals surface area contributed by atoms with Crippen molar-refractivity contribution in [1.82, 2.24) is 20.2 Å². The van der Waals surface area contributed by atoms with E-state index in [0.717, 1.165) is 23.3 Å². The molecule has 7 nitrogen and oxygen atoms in total. The van der Waals surface area contributed by atoms with E-state index in [2.05, 4.69) is 48.4 Å². The van der Waals surface area contributed by atoms with Crippen molar-refractivity contribution in [3.05, 3.63) is 35.2 Å². The Morgan fingerprint density at radius 3 is 2.83 bits per heavy atom. The molecule has 1 fully saturated rings. The lowest BCUT2D eigenvalue weighted by Crippen LogP contribution is -2.41. The molecule has 0 spiro atoms. The van der Waals surface area contributed by atoms with Crippen LogP contribution in [0.25, 0.3) is 0 Å². The quantitative estimate of drug-likeness (QED) is 0.488. The second-order valence-electron chi connectivity index (χ2n) is 8.48. The van der Waals surface area contributed by atoms with Gasteiger partial charge >= 0.3 is 0 Å². The molecule has 0 radical (unpaired) electrons.